The third-order valence-electron chi connectivity index (χ3n) is 2.13. The Morgan fingerprint density at radius 3 is 2.71 bits per heavy atom. The minimum absolute atomic E-state index is 0.0805. The van der Waals surface area contributed by atoms with E-state index >= 15 is 0 Å². The first-order valence-electron chi connectivity index (χ1n) is 4.33. The highest BCUT2D eigenvalue weighted by Gasteiger charge is 2.15. The Balaban J connectivity index is 3.24. The first kappa shape index (κ1) is 11.5. The minimum Gasteiger partial charge on any atom is -0.493 e. The molecule has 0 aliphatic heterocycles. The molecule has 0 aliphatic rings. The molecule has 0 spiro atoms. The van der Waals surface area contributed by atoms with Gasteiger partial charge in [-0.25, -0.2) is 4.39 Å². The van der Waals surface area contributed by atoms with Crippen LogP contribution in [0.5, 0.6) is 5.75 Å². The Morgan fingerprint density at radius 1 is 1.57 bits per heavy atom. The average molecular weight is 262 g/mol. The SMILES string of the molecule is COc1c(F)cc(Br)cc1C(C)CN. The van der Waals surface area contributed by atoms with Crippen LogP contribution in [0.2, 0.25) is 0 Å². The quantitative estimate of drug-likeness (QED) is 0.908. The van der Waals surface area contributed by atoms with E-state index in [-0.39, 0.29) is 17.5 Å². The van der Waals surface area contributed by atoms with Crippen LogP contribution < -0.4 is 10.5 Å². The Labute approximate surface area is 91.4 Å². The predicted octanol–water partition coefficient (Wildman–Crippen LogP) is 2.66. The fourth-order valence-corrected chi connectivity index (χ4v) is 1.74. The van der Waals surface area contributed by atoms with Crippen LogP contribution in [0.1, 0.15) is 18.4 Å². The molecule has 78 valence electrons. The number of hydrogen-bond donors (Lipinski definition) is 1. The lowest BCUT2D eigenvalue weighted by molar-refractivity contribution is 0.378. The molecule has 14 heavy (non-hydrogen) atoms. The van der Waals surface area contributed by atoms with Crippen molar-refractivity contribution in [2.24, 2.45) is 5.73 Å². The summed E-state index contributed by atoms with van der Waals surface area (Å²) in [5, 5.41) is 0. The molecule has 0 bridgehead atoms. The maximum Gasteiger partial charge on any atom is 0.166 e. The zero-order valence-electron chi connectivity index (χ0n) is 8.18. The molecule has 1 rings (SSSR count). The predicted molar refractivity (Wildman–Crippen MR) is 58.1 cm³/mol. The second-order valence-corrected chi connectivity index (χ2v) is 4.06. The van der Waals surface area contributed by atoms with E-state index in [0.29, 0.717) is 11.0 Å². The number of benzene rings is 1. The lowest BCUT2D eigenvalue weighted by Crippen LogP contribution is -2.10. The normalized spacial score (nSPS) is 12.6. The summed E-state index contributed by atoms with van der Waals surface area (Å²) in [5.41, 5.74) is 6.33. The lowest BCUT2D eigenvalue weighted by atomic mass is 10.0. The van der Waals surface area contributed by atoms with Gasteiger partial charge in [0.05, 0.1) is 7.11 Å². The van der Waals surface area contributed by atoms with Crippen molar-refractivity contribution in [2.45, 2.75) is 12.8 Å². The van der Waals surface area contributed by atoms with Crippen molar-refractivity contribution < 1.29 is 9.13 Å². The van der Waals surface area contributed by atoms with Gasteiger partial charge in [0.2, 0.25) is 0 Å². The van der Waals surface area contributed by atoms with E-state index in [2.05, 4.69) is 15.9 Å². The molecule has 2 nitrogen and oxygen atoms in total. The smallest absolute Gasteiger partial charge is 0.166 e. The molecule has 0 heterocycles. The number of nitrogens with two attached hydrogens (primary N) is 1. The first-order chi connectivity index (χ1) is 6.60. The van der Waals surface area contributed by atoms with Crippen LogP contribution in [0.15, 0.2) is 16.6 Å². The highest BCUT2D eigenvalue weighted by Crippen LogP contribution is 2.31. The lowest BCUT2D eigenvalue weighted by Gasteiger charge is -2.14. The summed E-state index contributed by atoms with van der Waals surface area (Å²) in [6.45, 7) is 2.40. The summed E-state index contributed by atoms with van der Waals surface area (Å²) < 4.78 is 19.1. The van der Waals surface area contributed by atoms with Crippen molar-refractivity contribution in [3.63, 3.8) is 0 Å². The molecule has 1 aromatic rings. The molecule has 0 fully saturated rings. The van der Waals surface area contributed by atoms with Gasteiger partial charge in [0.1, 0.15) is 0 Å². The second-order valence-electron chi connectivity index (χ2n) is 3.15. The van der Waals surface area contributed by atoms with E-state index in [9.17, 15) is 4.39 Å². The van der Waals surface area contributed by atoms with E-state index in [1.165, 1.54) is 13.2 Å². The zero-order chi connectivity index (χ0) is 10.7. The molecule has 0 aromatic heterocycles. The van der Waals surface area contributed by atoms with Gasteiger partial charge in [-0.15, -0.1) is 0 Å². The minimum atomic E-state index is -0.364. The summed E-state index contributed by atoms with van der Waals surface area (Å²) in [5.74, 6) is 0.000255. The molecular weight excluding hydrogens is 249 g/mol. The van der Waals surface area contributed by atoms with Crippen molar-refractivity contribution in [1.29, 1.82) is 0 Å². The van der Waals surface area contributed by atoms with Gasteiger partial charge in [0.15, 0.2) is 11.6 Å². The van der Waals surface area contributed by atoms with Gasteiger partial charge in [-0.1, -0.05) is 22.9 Å². The summed E-state index contributed by atoms with van der Waals surface area (Å²) in [4.78, 5) is 0. The van der Waals surface area contributed by atoms with Crippen LogP contribution in [-0.4, -0.2) is 13.7 Å². The van der Waals surface area contributed by atoms with Crippen LogP contribution in [-0.2, 0) is 0 Å². The molecule has 1 unspecified atom stereocenters. The molecule has 0 saturated heterocycles. The number of rotatable bonds is 3. The third-order valence-corrected chi connectivity index (χ3v) is 2.58. The number of methoxy groups -OCH3 is 1. The Hall–Kier alpha value is -0.610. The molecule has 2 N–H and O–H groups in total. The van der Waals surface area contributed by atoms with Crippen LogP contribution in [0.3, 0.4) is 0 Å². The van der Waals surface area contributed by atoms with Crippen molar-refractivity contribution in [1.82, 2.24) is 0 Å². The molecular formula is C10H13BrFNO. The summed E-state index contributed by atoms with van der Waals surface area (Å²) in [7, 11) is 1.46. The highest BCUT2D eigenvalue weighted by molar-refractivity contribution is 9.10. The van der Waals surface area contributed by atoms with Crippen LogP contribution in [0, 0.1) is 5.82 Å². The molecule has 0 aliphatic carbocycles. The number of halogens is 2. The van der Waals surface area contributed by atoms with Gasteiger partial charge in [0.25, 0.3) is 0 Å². The van der Waals surface area contributed by atoms with Gasteiger partial charge in [-0.3, -0.25) is 0 Å². The summed E-state index contributed by atoms with van der Waals surface area (Å²) in [6, 6.07) is 3.21. The van der Waals surface area contributed by atoms with E-state index in [1.54, 1.807) is 0 Å². The van der Waals surface area contributed by atoms with Crippen LogP contribution in [0.25, 0.3) is 0 Å². The van der Waals surface area contributed by atoms with E-state index in [0.717, 1.165) is 5.56 Å². The molecule has 1 atom stereocenters. The van der Waals surface area contributed by atoms with E-state index in [4.69, 9.17) is 10.5 Å². The maximum atomic E-state index is 13.4. The van der Waals surface area contributed by atoms with Crippen LogP contribution in [0.4, 0.5) is 4.39 Å². The summed E-state index contributed by atoms with van der Waals surface area (Å²) in [6.07, 6.45) is 0. The first-order valence-corrected chi connectivity index (χ1v) is 5.12. The molecule has 0 saturated carbocycles. The molecule has 0 radical (unpaired) electrons. The maximum absolute atomic E-state index is 13.4. The third kappa shape index (κ3) is 2.25. The Kier molecular flexibility index (Phi) is 3.89. The molecule has 4 heteroatoms. The van der Waals surface area contributed by atoms with Gasteiger partial charge in [-0.05, 0) is 24.6 Å². The highest BCUT2D eigenvalue weighted by atomic mass is 79.9. The average Bonchev–Trinajstić information content (AvgIpc) is 2.15. The zero-order valence-corrected chi connectivity index (χ0v) is 9.77. The Bertz CT molecular complexity index is 330. The van der Waals surface area contributed by atoms with Crippen molar-refractivity contribution in [3.8, 4) is 5.75 Å². The van der Waals surface area contributed by atoms with Crippen molar-refractivity contribution >= 4 is 15.9 Å². The van der Waals surface area contributed by atoms with E-state index in [1.807, 2.05) is 13.0 Å². The molecule has 1 aromatic carbocycles. The van der Waals surface area contributed by atoms with Gasteiger partial charge in [-0.2, -0.15) is 0 Å². The Morgan fingerprint density at radius 2 is 2.21 bits per heavy atom. The van der Waals surface area contributed by atoms with Gasteiger partial charge in [0, 0.05) is 10.0 Å². The largest absolute Gasteiger partial charge is 0.493 e. The number of ether oxygens (including phenoxy) is 1. The topological polar surface area (TPSA) is 35.2 Å². The monoisotopic (exact) mass is 261 g/mol. The fraction of sp³-hybridized carbons (Fsp3) is 0.400. The van der Waals surface area contributed by atoms with Crippen molar-refractivity contribution in [3.05, 3.63) is 28.0 Å². The van der Waals surface area contributed by atoms with Crippen molar-refractivity contribution in [2.75, 3.05) is 13.7 Å². The second kappa shape index (κ2) is 4.75. The van der Waals surface area contributed by atoms with Gasteiger partial charge >= 0.3 is 0 Å². The standard InChI is InChI=1S/C10H13BrFNO/c1-6(5-13)8-3-7(11)4-9(12)10(8)14-2/h3-4,6H,5,13H2,1-2H3. The summed E-state index contributed by atoms with van der Waals surface area (Å²) >= 11 is 3.24. The van der Waals surface area contributed by atoms with Gasteiger partial charge < -0.3 is 10.5 Å². The van der Waals surface area contributed by atoms with Crippen LogP contribution >= 0.6 is 15.9 Å². The van der Waals surface area contributed by atoms with E-state index < -0.39 is 0 Å². The number of hydrogen-bond acceptors (Lipinski definition) is 2. The fourth-order valence-electron chi connectivity index (χ4n) is 1.29. The molecule has 0 amide bonds.